The summed E-state index contributed by atoms with van der Waals surface area (Å²) in [5.74, 6) is 4.33. The minimum atomic E-state index is -3.90. The number of aromatic nitrogens is 2. The molecule has 0 fully saturated rings. The monoisotopic (exact) mass is 483 g/mol. The molecule has 7 nitrogen and oxygen atoms in total. The van der Waals surface area contributed by atoms with E-state index in [-0.39, 0.29) is 21.9 Å². The zero-order chi connectivity index (χ0) is 24.8. The summed E-state index contributed by atoms with van der Waals surface area (Å²) in [6.07, 6.45) is 4.97. The average molecular weight is 484 g/mol. The Morgan fingerprint density at radius 1 is 1.18 bits per heavy atom. The fraction of sp³-hybridized carbons (Fsp3) is 0.280. The molecule has 0 aliphatic carbocycles. The number of hydrogen-bond acceptors (Lipinski definition) is 5. The van der Waals surface area contributed by atoms with Gasteiger partial charge in [-0.2, -0.15) is 5.10 Å². The molecule has 0 aliphatic rings. The molecule has 3 N–H and O–H groups in total. The van der Waals surface area contributed by atoms with Gasteiger partial charge in [0.05, 0.1) is 22.4 Å². The lowest BCUT2D eigenvalue weighted by Crippen LogP contribution is -2.30. The standard InChI is InChI=1S/C25H26FN3O4S/c1-25(2,31)17-34(32,33)23-12-9-21(24(30)27-13-3-4-19-15-28-29-16-19)14-20(23)8-5-18-6-10-22(26)11-7-18/h6-7,9-12,14-16,31H,3-4,13,17H2,1-2H3,(H,27,30)(H,28,29). The van der Waals surface area contributed by atoms with Gasteiger partial charge in [0.15, 0.2) is 9.84 Å². The zero-order valence-corrected chi connectivity index (χ0v) is 19.7. The normalized spacial score (nSPS) is 11.5. The molecule has 0 saturated heterocycles. The van der Waals surface area contributed by atoms with E-state index >= 15 is 0 Å². The van der Waals surface area contributed by atoms with Crippen LogP contribution in [0.4, 0.5) is 4.39 Å². The molecule has 0 atom stereocenters. The highest BCUT2D eigenvalue weighted by molar-refractivity contribution is 7.91. The lowest BCUT2D eigenvalue weighted by molar-refractivity contribution is 0.0952. The average Bonchev–Trinajstić information content (AvgIpc) is 3.28. The highest BCUT2D eigenvalue weighted by atomic mass is 32.2. The predicted molar refractivity (Wildman–Crippen MR) is 126 cm³/mol. The molecule has 3 rings (SSSR count). The van der Waals surface area contributed by atoms with Gasteiger partial charge in [-0.1, -0.05) is 11.8 Å². The maximum absolute atomic E-state index is 13.2. The van der Waals surface area contributed by atoms with E-state index in [0.29, 0.717) is 18.5 Å². The molecule has 1 amide bonds. The van der Waals surface area contributed by atoms with Crippen molar-refractivity contribution < 1.29 is 22.7 Å². The van der Waals surface area contributed by atoms with E-state index in [1.807, 2.05) is 0 Å². The molecule has 1 aromatic heterocycles. The number of aryl methyl sites for hydroxylation is 1. The molecule has 0 unspecified atom stereocenters. The lowest BCUT2D eigenvalue weighted by Gasteiger charge is -2.18. The molecule has 0 bridgehead atoms. The maximum Gasteiger partial charge on any atom is 0.251 e. The van der Waals surface area contributed by atoms with Crippen LogP contribution in [0, 0.1) is 17.7 Å². The van der Waals surface area contributed by atoms with Crippen LogP contribution in [-0.4, -0.2) is 47.5 Å². The Labute approximate surface area is 198 Å². The third-order valence-corrected chi connectivity index (χ3v) is 6.90. The first-order valence-corrected chi connectivity index (χ1v) is 12.3. The van der Waals surface area contributed by atoms with Gasteiger partial charge in [0.25, 0.3) is 5.91 Å². The maximum atomic E-state index is 13.2. The number of nitrogens with one attached hydrogen (secondary N) is 2. The quantitative estimate of drug-likeness (QED) is 0.337. The van der Waals surface area contributed by atoms with Crippen LogP contribution in [0.2, 0.25) is 0 Å². The van der Waals surface area contributed by atoms with Crippen LogP contribution >= 0.6 is 0 Å². The van der Waals surface area contributed by atoms with Crippen molar-refractivity contribution in [1.82, 2.24) is 15.5 Å². The molecule has 0 saturated carbocycles. The van der Waals surface area contributed by atoms with Gasteiger partial charge in [-0.3, -0.25) is 9.89 Å². The first kappa shape index (κ1) is 25.1. The number of carbonyl (C=O) groups excluding carboxylic acids is 1. The Morgan fingerprint density at radius 3 is 2.56 bits per heavy atom. The number of rotatable bonds is 8. The Morgan fingerprint density at radius 2 is 1.91 bits per heavy atom. The Hall–Kier alpha value is -3.48. The van der Waals surface area contributed by atoms with E-state index in [1.165, 1.54) is 56.3 Å². The number of hydrogen-bond donors (Lipinski definition) is 3. The molecule has 178 valence electrons. The van der Waals surface area contributed by atoms with E-state index < -0.39 is 27.0 Å². The first-order chi connectivity index (χ1) is 16.0. The second-order valence-electron chi connectivity index (χ2n) is 8.51. The number of aliphatic hydroxyl groups is 1. The Balaban J connectivity index is 1.85. The van der Waals surface area contributed by atoms with E-state index in [4.69, 9.17) is 0 Å². The summed E-state index contributed by atoms with van der Waals surface area (Å²) in [6.45, 7) is 3.24. The number of H-pyrrole nitrogens is 1. The van der Waals surface area contributed by atoms with E-state index in [9.17, 15) is 22.7 Å². The molecule has 0 spiro atoms. The molecule has 2 aromatic carbocycles. The smallest absolute Gasteiger partial charge is 0.251 e. The van der Waals surface area contributed by atoms with Crippen LogP contribution in [0.1, 0.15) is 47.3 Å². The molecule has 34 heavy (non-hydrogen) atoms. The Kier molecular flexibility index (Phi) is 7.87. The topological polar surface area (TPSA) is 112 Å². The van der Waals surface area contributed by atoms with Crippen molar-refractivity contribution in [3.63, 3.8) is 0 Å². The van der Waals surface area contributed by atoms with Gasteiger partial charge in [-0.15, -0.1) is 0 Å². The third-order valence-electron chi connectivity index (χ3n) is 4.79. The summed E-state index contributed by atoms with van der Waals surface area (Å²) in [6, 6.07) is 9.63. The fourth-order valence-electron chi connectivity index (χ4n) is 3.27. The third kappa shape index (κ3) is 7.27. The fourth-order valence-corrected chi connectivity index (χ4v) is 5.07. The van der Waals surface area contributed by atoms with E-state index in [1.54, 1.807) is 12.4 Å². The van der Waals surface area contributed by atoms with Gasteiger partial charge in [-0.05, 0) is 74.7 Å². The number of halogens is 1. The summed E-state index contributed by atoms with van der Waals surface area (Å²) >= 11 is 0. The first-order valence-electron chi connectivity index (χ1n) is 10.7. The van der Waals surface area contributed by atoms with E-state index in [2.05, 4.69) is 27.4 Å². The number of sulfone groups is 1. The van der Waals surface area contributed by atoms with Crippen molar-refractivity contribution in [3.8, 4) is 11.8 Å². The summed E-state index contributed by atoms with van der Waals surface area (Å²) < 4.78 is 39.1. The minimum Gasteiger partial charge on any atom is -0.389 e. The van der Waals surface area contributed by atoms with Gasteiger partial charge in [0.2, 0.25) is 0 Å². The van der Waals surface area contributed by atoms with Crippen molar-refractivity contribution in [2.75, 3.05) is 12.3 Å². The molecule has 1 heterocycles. The minimum absolute atomic E-state index is 0.0826. The highest BCUT2D eigenvalue weighted by Crippen LogP contribution is 2.22. The van der Waals surface area contributed by atoms with Crippen LogP contribution in [0.15, 0.2) is 59.8 Å². The molecular weight excluding hydrogens is 457 g/mol. The van der Waals surface area contributed by atoms with E-state index in [0.717, 1.165) is 12.0 Å². The number of nitrogens with zero attached hydrogens (tertiary/aromatic N) is 1. The number of carbonyl (C=O) groups is 1. The van der Waals surface area contributed by atoms with Crippen LogP contribution < -0.4 is 5.32 Å². The summed E-state index contributed by atoms with van der Waals surface area (Å²) in [7, 11) is -3.90. The summed E-state index contributed by atoms with van der Waals surface area (Å²) in [5.41, 5.74) is 0.453. The van der Waals surface area contributed by atoms with Gasteiger partial charge in [0.1, 0.15) is 5.82 Å². The molecule has 9 heteroatoms. The van der Waals surface area contributed by atoms with Gasteiger partial charge in [0, 0.05) is 29.4 Å². The van der Waals surface area contributed by atoms with Crippen molar-refractivity contribution in [2.24, 2.45) is 0 Å². The Bertz CT molecular complexity index is 1300. The molecular formula is C25H26FN3O4S. The van der Waals surface area contributed by atoms with Gasteiger partial charge in [-0.25, -0.2) is 12.8 Å². The van der Waals surface area contributed by atoms with Crippen molar-refractivity contribution in [1.29, 1.82) is 0 Å². The van der Waals surface area contributed by atoms with Crippen molar-refractivity contribution in [2.45, 2.75) is 37.2 Å². The summed E-state index contributed by atoms with van der Waals surface area (Å²) in [5, 5.41) is 19.5. The van der Waals surface area contributed by atoms with Crippen LogP contribution in [0.25, 0.3) is 0 Å². The number of amides is 1. The molecule has 0 aliphatic heterocycles. The molecule has 3 aromatic rings. The highest BCUT2D eigenvalue weighted by Gasteiger charge is 2.27. The number of benzene rings is 2. The number of aromatic amines is 1. The van der Waals surface area contributed by atoms with Gasteiger partial charge >= 0.3 is 0 Å². The van der Waals surface area contributed by atoms with Gasteiger partial charge < -0.3 is 10.4 Å². The second kappa shape index (κ2) is 10.6. The van der Waals surface area contributed by atoms with Crippen LogP contribution in [0.5, 0.6) is 0 Å². The summed E-state index contributed by atoms with van der Waals surface area (Å²) in [4.78, 5) is 12.6. The van der Waals surface area contributed by atoms with Crippen LogP contribution in [-0.2, 0) is 16.3 Å². The SMILES string of the molecule is CC(C)(O)CS(=O)(=O)c1ccc(C(=O)NCCCc2cn[nH]c2)cc1C#Cc1ccc(F)cc1. The molecule has 0 radical (unpaired) electrons. The largest absolute Gasteiger partial charge is 0.389 e. The second-order valence-corrected chi connectivity index (χ2v) is 10.5. The predicted octanol–water partition coefficient (Wildman–Crippen LogP) is 2.86. The van der Waals surface area contributed by atoms with Crippen molar-refractivity contribution in [3.05, 3.63) is 82.9 Å². The lowest BCUT2D eigenvalue weighted by atomic mass is 10.1. The van der Waals surface area contributed by atoms with Crippen LogP contribution in [0.3, 0.4) is 0 Å². The zero-order valence-electron chi connectivity index (χ0n) is 18.9. The van der Waals surface area contributed by atoms with Crippen molar-refractivity contribution >= 4 is 15.7 Å².